The van der Waals surface area contributed by atoms with Crippen LogP contribution in [0, 0.1) is 0 Å². The van der Waals surface area contributed by atoms with E-state index in [4.69, 9.17) is 4.74 Å². The van der Waals surface area contributed by atoms with Crippen molar-refractivity contribution in [1.29, 1.82) is 0 Å². The highest BCUT2D eigenvalue weighted by atomic mass is 19.3. The minimum atomic E-state index is -2.69. The summed E-state index contributed by atoms with van der Waals surface area (Å²) < 4.78 is 48.8. The van der Waals surface area contributed by atoms with Crippen LogP contribution in [0.1, 0.15) is 73.2 Å². The number of ether oxygens (including phenoxy) is 1. The molecule has 1 aromatic rings. The fourth-order valence-corrected chi connectivity index (χ4v) is 5.97. The molecular weight excluding hydrogens is 527 g/mol. The molecule has 2 atom stereocenters. The van der Waals surface area contributed by atoms with Gasteiger partial charge in [0.1, 0.15) is 11.9 Å². The zero-order chi connectivity index (χ0) is 29.4. The van der Waals surface area contributed by atoms with Crippen molar-refractivity contribution in [1.82, 2.24) is 10.3 Å². The lowest BCUT2D eigenvalue weighted by Gasteiger charge is -2.47. The molecule has 1 aliphatic heterocycles. The van der Waals surface area contributed by atoms with E-state index in [1.807, 2.05) is 30.1 Å². The van der Waals surface area contributed by atoms with Crippen LogP contribution in [0.3, 0.4) is 0 Å². The molecule has 4 aliphatic rings. The Kier molecular flexibility index (Phi) is 8.53. The van der Waals surface area contributed by atoms with E-state index in [1.165, 1.54) is 17.7 Å². The first-order valence-corrected chi connectivity index (χ1v) is 14.8. The Hall–Kier alpha value is -2.84. The van der Waals surface area contributed by atoms with Crippen LogP contribution in [-0.2, 0) is 14.9 Å². The maximum atomic E-state index is 15.1. The number of carbonyl (C=O) groups is 1. The van der Waals surface area contributed by atoms with Gasteiger partial charge in [0.2, 0.25) is 11.8 Å². The van der Waals surface area contributed by atoms with Crippen LogP contribution in [-0.4, -0.2) is 54.7 Å². The van der Waals surface area contributed by atoms with Gasteiger partial charge in [0.15, 0.2) is 0 Å². The standard InChI is InChI=1S/C33H42F3N3O2.H2/c1-22-5-6-24(20-26(34)19-22)30(31(40)37-27-13-15-33(35,36)16-14-27)39(28-11-9-25(10-12-28)32(2,3)4)38-17-18-41-21-29(38)23-7-8-23;/h5,7,9-12,19-20,27,29-30H,6,8,13-18,21H2,1-4H3,(H,37,40);1H/t29-,30?;/m0./s1. The van der Waals surface area contributed by atoms with Gasteiger partial charge in [-0.25, -0.2) is 18.2 Å². The van der Waals surface area contributed by atoms with Gasteiger partial charge in [0.25, 0.3) is 0 Å². The molecule has 1 saturated heterocycles. The molecular formula is C33H44F3N3O2. The number of nitrogens with zero attached hydrogens (tertiary/aromatic N) is 2. The minimum absolute atomic E-state index is 0. The van der Waals surface area contributed by atoms with E-state index in [-0.39, 0.29) is 50.5 Å². The number of hydrogen-bond acceptors (Lipinski definition) is 4. The Morgan fingerprint density at radius 1 is 1.12 bits per heavy atom. The molecule has 0 bridgehead atoms. The minimum Gasteiger partial charge on any atom is -0.378 e. The number of hydrazine groups is 1. The Bertz CT molecular complexity index is 1260. The number of allylic oxidation sites excluding steroid dienone is 6. The largest absolute Gasteiger partial charge is 0.378 e. The summed E-state index contributed by atoms with van der Waals surface area (Å²) in [5, 5.41) is 7.30. The van der Waals surface area contributed by atoms with E-state index in [0.29, 0.717) is 31.8 Å². The van der Waals surface area contributed by atoms with Crippen molar-refractivity contribution < 1.29 is 24.1 Å². The monoisotopic (exact) mass is 571 g/mol. The first-order chi connectivity index (χ1) is 19.4. The Morgan fingerprint density at radius 2 is 1.80 bits per heavy atom. The molecule has 1 unspecified atom stereocenters. The molecule has 5 nitrogen and oxygen atoms in total. The topological polar surface area (TPSA) is 44.8 Å². The van der Waals surface area contributed by atoms with Gasteiger partial charge in [-0.1, -0.05) is 50.6 Å². The molecule has 1 saturated carbocycles. The van der Waals surface area contributed by atoms with E-state index in [2.05, 4.69) is 49.3 Å². The summed E-state index contributed by atoms with van der Waals surface area (Å²) in [5.74, 6) is -3.41. The van der Waals surface area contributed by atoms with Crippen molar-refractivity contribution in [2.45, 2.75) is 95.7 Å². The Labute approximate surface area is 243 Å². The molecule has 0 aromatic heterocycles. The quantitative estimate of drug-likeness (QED) is 0.353. The summed E-state index contributed by atoms with van der Waals surface area (Å²) in [7, 11) is 0. The Balaban J connectivity index is 0.00000405. The summed E-state index contributed by atoms with van der Waals surface area (Å²) in [5.41, 5.74) is 4.59. The van der Waals surface area contributed by atoms with Crippen molar-refractivity contribution in [3.63, 3.8) is 0 Å². The highest BCUT2D eigenvalue weighted by Gasteiger charge is 2.42. The van der Waals surface area contributed by atoms with Crippen LogP contribution in [0.25, 0.3) is 0 Å². The molecule has 1 amide bonds. The SMILES string of the molecule is CC1=CCC(C(C(=O)NC2CCC(F)(F)CC2)N(c2ccc(C(C)(C)C)cc2)N2CCOC[C@H]2C2=CC2)=CC(F)=C1.[HH]. The van der Waals surface area contributed by atoms with E-state index in [1.54, 1.807) is 0 Å². The third-order valence-corrected chi connectivity index (χ3v) is 8.50. The van der Waals surface area contributed by atoms with Gasteiger partial charge < -0.3 is 10.1 Å². The molecule has 1 N–H and O–H groups in total. The van der Waals surface area contributed by atoms with E-state index in [0.717, 1.165) is 23.2 Å². The highest BCUT2D eigenvalue weighted by Crippen LogP contribution is 2.37. The van der Waals surface area contributed by atoms with Crippen molar-refractivity contribution in [2.24, 2.45) is 0 Å². The molecule has 5 rings (SSSR count). The molecule has 1 heterocycles. The first-order valence-electron chi connectivity index (χ1n) is 14.8. The van der Waals surface area contributed by atoms with Crippen molar-refractivity contribution in [3.8, 4) is 0 Å². The van der Waals surface area contributed by atoms with Gasteiger partial charge >= 0.3 is 0 Å². The second-order valence-corrected chi connectivity index (χ2v) is 12.8. The maximum Gasteiger partial charge on any atom is 0.248 e. The third-order valence-electron chi connectivity index (χ3n) is 8.50. The smallest absolute Gasteiger partial charge is 0.248 e. The fraction of sp³-hybridized carbons (Fsp3) is 0.545. The van der Waals surface area contributed by atoms with Crippen LogP contribution in [0.5, 0.6) is 0 Å². The number of anilines is 1. The van der Waals surface area contributed by atoms with Gasteiger partial charge in [-0.05, 0) is 79.0 Å². The van der Waals surface area contributed by atoms with E-state index >= 15 is 4.39 Å². The second kappa shape index (κ2) is 11.8. The summed E-state index contributed by atoms with van der Waals surface area (Å²) in [6, 6.07) is 6.95. The summed E-state index contributed by atoms with van der Waals surface area (Å²) in [6.45, 7) is 9.86. The lowest BCUT2D eigenvalue weighted by Crippen LogP contribution is -2.62. The molecule has 1 aromatic carbocycles. The molecule has 0 spiro atoms. The lowest BCUT2D eigenvalue weighted by molar-refractivity contribution is -0.125. The Morgan fingerprint density at radius 3 is 2.44 bits per heavy atom. The van der Waals surface area contributed by atoms with Crippen LogP contribution in [0.4, 0.5) is 18.9 Å². The third kappa shape index (κ3) is 7.15. The zero-order valence-corrected chi connectivity index (χ0v) is 24.6. The fourth-order valence-electron chi connectivity index (χ4n) is 5.97. The maximum absolute atomic E-state index is 15.1. The van der Waals surface area contributed by atoms with Gasteiger partial charge in [0.05, 0.1) is 24.9 Å². The molecule has 0 radical (unpaired) electrons. The number of alkyl halides is 2. The molecule has 8 heteroatoms. The van der Waals surface area contributed by atoms with Gasteiger partial charge in [-0.2, -0.15) is 0 Å². The van der Waals surface area contributed by atoms with Crippen molar-refractivity contribution >= 4 is 11.6 Å². The average molecular weight is 572 g/mol. The normalized spacial score (nSPS) is 24.3. The van der Waals surface area contributed by atoms with Crippen LogP contribution < -0.4 is 10.3 Å². The van der Waals surface area contributed by atoms with Crippen LogP contribution >= 0.6 is 0 Å². The lowest BCUT2D eigenvalue weighted by atomic mass is 9.87. The first kappa shape index (κ1) is 29.6. The predicted molar refractivity (Wildman–Crippen MR) is 159 cm³/mol. The number of hydrogen-bond donors (Lipinski definition) is 1. The zero-order valence-electron chi connectivity index (χ0n) is 24.6. The molecule has 3 aliphatic carbocycles. The van der Waals surface area contributed by atoms with Crippen LogP contribution in [0.2, 0.25) is 0 Å². The number of nitrogens with one attached hydrogen (secondary N) is 1. The van der Waals surface area contributed by atoms with Crippen LogP contribution in [0.15, 0.2) is 71.1 Å². The van der Waals surface area contributed by atoms with Gasteiger partial charge in [-0.3, -0.25) is 9.80 Å². The number of amides is 1. The number of benzene rings is 1. The molecule has 224 valence electrons. The van der Waals surface area contributed by atoms with Crippen molar-refractivity contribution in [3.05, 3.63) is 76.7 Å². The summed E-state index contributed by atoms with van der Waals surface area (Å²) >= 11 is 0. The highest BCUT2D eigenvalue weighted by molar-refractivity contribution is 5.89. The number of carbonyl (C=O) groups excluding carboxylic acids is 1. The predicted octanol–water partition coefficient (Wildman–Crippen LogP) is 7.17. The number of rotatable bonds is 7. The number of halogens is 3. The van der Waals surface area contributed by atoms with E-state index < -0.39 is 17.8 Å². The molecule has 2 fully saturated rings. The average Bonchev–Trinajstić information content (AvgIpc) is 3.77. The summed E-state index contributed by atoms with van der Waals surface area (Å²) in [6.07, 6.45) is 8.27. The second-order valence-electron chi connectivity index (χ2n) is 12.8. The van der Waals surface area contributed by atoms with E-state index in [9.17, 15) is 13.6 Å². The summed E-state index contributed by atoms with van der Waals surface area (Å²) in [4.78, 5) is 14.3. The van der Waals surface area contributed by atoms with Crippen molar-refractivity contribution in [2.75, 3.05) is 24.8 Å². The molecule has 41 heavy (non-hydrogen) atoms. The van der Waals surface area contributed by atoms with Gasteiger partial charge in [0, 0.05) is 26.9 Å². The van der Waals surface area contributed by atoms with Gasteiger partial charge in [-0.15, -0.1) is 0 Å². The number of morpholine rings is 1.